The van der Waals surface area contributed by atoms with Gasteiger partial charge < -0.3 is 10.6 Å². The third kappa shape index (κ3) is 3.22. The molecule has 1 aromatic heterocycles. The van der Waals surface area contributed by atoms with Gasteiger partial charge in [-0.3, -0.25) is 9.59 Å². The Bertz CT molecular complexity index is 332. The molecule has 0 aliphatic rings. The maximum atomic E-state index is 10.7. The van der Waals surface area contributed by atoms with Crippen LogP contribution in [0.5, 0.6) is 0 Å². The summed E-state index contributed by atoms with van der Waals surface area (Å²) in [6.07, 6.45) is 0. The van der Waals surface area contributed by atoms with Crippen LogP contribution in [0.15, 0.2) is 12.1 Å². The molecule has 2 amide bonds. The highest BCUT2D eigenvalue weighted by Gasteiger charge is 2.00. The molecule has 1 heterocycles. The summed E-state index contributed by atoms with van der Waals surface area (Å²) in [6, 6.07) is 5.79. The van der Waals surface area contributed by atoms with E-state index in [0.717, 1.165) is 0 Å². The largest absolute Gasteiger partial charge is 0.311 e. The fourth-order valence-electron chi connectivity index (χ4n) is 0.883. The third-order valence-corrected chi connectivity index (χ3v) is 1.29. The van der Waals surface area contributed by atoms with Crippen LogP contribution in [0.1, 0.15) is 13.8 Å². The number of carbonyl (C=O) groups excluding carboxylic acids is 2. The molecule has 73 valence electrons. The van der Waals surface area contributed by atoms with Gasteiger partial charge in [0.2, 0.25) is 11.8 Å². The van der Waals surface area contributed by atoms with Crippen molar-refractivity contribution in [3.05, 3.63) is 18.2 Å². The lowest BCUT2D eigenvalue weighted by molar-refractivity contribution is -0.115. The van der Waals surface area contributed by atoms with Gasteiger partial charge in [-0.15, -0.1) is 0 Å². The fourth-order valence-corrected chi connectivity index (χ4v) is 0.883. The first-order valence-corrected chi connectivity index (χ1v) is 4.01. The summed E-state index contributed by atoms with van der Waals surface area (Å²) >= 11 is 0. The Labute approximate surface area is 81.5 Å². The highest BCUT2D eigenvalue weighted by Crippen LogP contribution is 2.07. The minimum absolute atomic E-state index is 0.217. The molecule has 0 bridgehead atoms. The van der Waals surface area contributed by atoms with Gasteiger partial charge in [0.25, 0.3) is 0 Å². The van der Waals surface area contributed by atoms with Crippen molar-refractivity contribution in [2.45, 2.75) is 13.8 Å². The van der Waals surface area contributed by atoms with Gasteiger partial charge in [-0.2, -0.15) is 0 Å². The van der Waals surface area contributed by atoms with Crippen LogP contribution in [0.25, 0.3) is 0 Å². The van der Waals surface area contributed by atoms with Gasteiger partial charge in [-0.1, -0.05) is 0 Å². The van der Waals surface area contributed by atoms with E-state index in [1.54, 1.807) is 0 Å². The molecule has 0 spiro atoms. The van der Waals surface area contributed by atoms with Gasteiger partial charge in [0, 0.05) is 13.8 Å². The quantitative estimate of drug-likeness (QED) is 0.728. The summed E-state index contributed by atoms with van der Waals surface area (Å²) in [4.78, 5) is 25.3. The van der Waals surface area contributed by atoms with Gasteiger partial charge >= 0.3 is 0 Å². The molecule has 1 aromatic rings. The fraction of sp³-hybridized carbons (Fsp3) is 0.222. The number of pyridine rings is 1. The number of hydrogen-bond donors (Lipinski definition) is 2. The van der Waals surface area contributed by atoms with Crippen molar-refractivity contribution in [3.63, 3.8) is 0 Å². The molecule has 1 radical (unpaired) electrons. The monoisotopic (exact) mass is 192 g/mol. The van der Waals surface area contributed by atoms with Crippen molar-refractivity contribution < 1.29 is 9.59 Å². The summed E-state index contributed by atoms with van der Waals surface area (Å²) in [5.74, 6) is 0.296. The van der Waals surface area contributed by atoms with Crippen LogP contribution in [-0.4, -0.2) is 16.8 Å². The van der Waals surface area contributed by atoms with Gasteiger partial charge in [-0.05, 0) is 18.2 Å². The SMILES string of the molecule is CC(=O)Nc1c[c]cc(NC(C)=O)n1. The van der Waals surface area contributed by atoms with Crippen LogP contribution >= 0.6 is 0 Å². The van der Waals surface area contributed by atoms with Crippen molar-refractivity contribution in [3.8, 4) is 0 Å². The topological polar surface area (TPSA) is 71.1 Å². The Morgan fingerprint density at radius 2 is 1.57 bits per heavy atom. The molecule has 5 heteroatoms. The van der Waals surface area contributed by atoms with Gasteiger partial charge in [0.05, 0.1) is 0 Å². The van der Waals surface area contributed by atoms with E-state index < -0.39 is 0 Å². The van der Waals surface area contributed by atoms with Crippen molar-refractivity contribution in [2.75, 3.05) is 10.6 Å². The van der Waals surface area contributed by atoms with E-state index in [1.165, 1.54) is 26.0 Å². The van der Waals surface area contributed by atoms with E-state index in [-0.39, 0.29) is 11.8 Å². The summed E-state index contributed by atoms with van der Waals surface area (Å²) in [6.45, 7) is 2.76. The number of carbonyl (C=O) groups is 2. The predicted octanol–water partition coefficient (Wildman–Crippen LogP) is 0.799. The molecule has 0 fully saturated rings. The van der Waals surface area contributed by atoms with E-state index in [2.05, 4.69) is 21.7 Å². The van der Waals surface area contributed by atoms with Crippen molar-refractivity contribution in [1.29, 1.82) is 0 Å². The van der Waals surface area contributed by atoms with E-state index in [1.807, 2.05) is 0 Å². The molecule has 14 heavy (non-hydrogen) atoms. The number of hydrogen-bond acceptors (Lipinski definition) is 3. The van der Waals surface area contributed by atoms with E-state index >= 15 is 0 Å². The third-order valence-electron chi connectivity index (χ3n) is 1.29. The zero-order chi connectivity index (χ0) is 10.6. The van der Waals surface area contributed by atoms with Crippen LogP contribution in [0.2, 0.25) is 0 Å². The summed E-state index contributed by atoms with van der Waals surface area (Å²) in [7, 11) is 0. The zero-order valence-electron chi connectivity index (χ0n) is 7.92. The Morgan fingerprint density at radius 1 is 1.14 bits per heavy atom. The highest BCUT2D eigenvalue weighted by atomic mass is 16.2. The van der Waals surface area contributed by atoms with Crippen molar-refractivity contribution in [2.24, 2.45) is 0 Å². The number of amides is 2. The lowest BCUT2D eigenvalue weighted by Crippen LogP contribution is -2.11. The standard InChI is InChI=1S/C9H10N3O2/c1-6(13)10-8-4-3-5-9(12-8)11-7(2)14/h4-5H,1-2H3,(H2,10,11,12,13,14). The average Bonchev–Trinajstić information content (AvgIpc) is 2.01. The second-order valence-electron chi connectivity index (χ2n) is 2.70. The van der Waals surface area contributed by atoms with E-state index in [9.17, 15) is 9.59 Å². The Kier molecular flexibility index (Phi) is 3.17. The molecule has 2 N–H and O–H groups in total. The smallest absolute Gasteiger partial charge is 0.222 e. The van der Waals surface area contributed by atoms with E-state index in [0.29, 0.717) is 11.6 Å². The molecule has 1 rings (SSSR count). The number of nitrogens with one attached hydrogen (secondary N) is 2. The molecule has 0 aromatic carbocycles. The number of rotatable bonds is 2. The van der Waals surface area contributed by atoms with Crippen LogP contribution in [0.4, 0.5) is 11.6 Å². The van der Waals surface area contributed by atoms with Crippen molar-refractivity contribution >= 4 is 23.5 Å². The highest BCUT2D eigenvalue weighted by molar-refractivity contribution is 5.89. The molecular weight excluding hydrogens is 182 g/mol. The van der Waals surface area contributed by atoms with Gasteiger partial charge in [0.15, 0.2) is 0 Å². The average molecular weight is 192 g/mol. The van der Waals surface area contributed by atoms with Crippen molar-refractivity contribution in [1.82, 2.24) is 4.98 Å². The summed E-state index contributed by atoms with van der Waals surface area (Å²) in [5.41, 5.74) is 0. The minimum atomic E-state index is -0.217. The summed E-state index contributed by atoms with van der Waals surface area (Å²) < 4.78 is 0. The Balaban J connectivity index is 2.78. The number of aromatic nitrogens is 1. The molecular formula is C9H10N3O2. The second kappa shape index (κ2) is 4.36. The predicted molar refractivity (Wildman–Crippen MR) is 51.7 cm³/mol. The zero-order valence-corrected chi connectivity index (χ0v) is 7.92. The number of nitrogens with zero attached hydrogens (tertiary/aromatic N) is 1. The number of anilines is 2. The van der Waals surface area contributed by atoms with Gasteiger partial charge in [0.1, 0.15) is 11.6 Å². The molecule has 5 nitrogen and oxygen atoms in total. The molecule has 0 unspecified atom stereocenters. The maximum absolute atomic E-state index is 10.7. The Morgan fingerprint density at radius 3 is 1.93 bits per heavy atom. The van der Waals surface area contributed by atoms with Crippen LogP contribution in [0, 0.1) is 6.07 Å². The first-order chi connectivity index (χ1) is 6.58. The van der Waals surface area contributed by atoms with Crippen LogP contribution < -0.4 is 10.6 Å². The van der Waals surface area contributed by atoms with E-state index in [4.69, 9.17) is 0 Å². The Hall–Kier alpha value is -1.91. The molecule has 0 atom stereocenters. The molecule has 0 aliphatic carbocycles. The maximum Gasteiger partial charge on any atom is 0.222 e. The van der Waals surface area contributed by atoms with Gasteiger partial charge in [-0.25, -0.2) is 4.98 Å². The normalized spacial score (nSPS) is 9.29. The first kappa shape index (κ1) is 10.2. The molecule has 0 saturated carbocycles. The van der Waals surface area contributed by atoms with Crippen LogP contribution in [-0.2, 0) is 9.59 Å². The lowest BCUT2D eigenvalue weighted by Gasteiger charge is -2.03. The second-order valence-corrected chi connectivity index (χ2v) is 2.70. The molecule has 0 aliphatic heterocycles. The first-order valence-electron chi connectivity index (χ1n) is 4.01. The lowest BCUT2D eigenvalue weighted by atomic mass is 10.4. The summed E-state index contributed by atoms with van der Waals surface area (Å²) in [5, 5.41) is 4.97. The minimum Gasteiger partial charge on any atom is -0.311 e. The van der Waals surface area contributed by atoms with Crippen LogP contribution in [0.3, 0.4) is 0 Å². The molecule has 0 saturated heterocycles.